The first-order valence-electron chi connectivity index (χ1n) is 9.30. The van der Waals surface area contributed by atoms with Crippen LogP contribution in [-0.2, 0) is 16.4 Å². The standard InChI is InChI=1S/C21H28N2O3S/c1-17(2)14-16-23-27(25,26)20-12-10-19(11-13-20)21(24)22-15-6-9-18-7-4-3-5-8-18/h3-5,7-8,10-13,17,23H,6,9,14-16H2,1-2H3,(H,22,24). The number of sulfonamides is 1. The molecule has 1 amide bonds. The Morgan fingerprint density at radius 1 is 0.963 bits per heavy atom. The topological polar surface area (TPSA) is 75.3 Å². The lowest BCUT2D eigenvalue weighted by Crippen LogP contribution is -2.26. The van der Waals surface area contributed by atoms with Crippen LogP contribution in [0, 0.1) is 5.92 Å². The molecule has 0 atom stereocenters. The summed E-state index contributed by atoms with van der Waals surface area (Å²) in [6.45, 7) is 5.07. The lowest BCUT2D eigenvalue weighted by molar-refractivity contribution is 0.0953. The van der Waals surface area contributed by atoms with Gasteiger partial charge in [-0.2, -0.15) is 0 Å². The molecule has 0 saturated heterocycles. The third kappa shape index (κ3) is 7.15. The highest BCUT2D eigenvalue weighted by atomic mass is 32.2. The van der Waals surface area contributed by atoms with Gasteiger partial charge in [-0.3, -0.25) is 4.79 Å². The van der Waals surface area contributed by atoms with Crippen LogP contribution in [0.25, 0.3) is 0 Å². The van der Waals surface area contributed by atoms with Crippen LogP contribution >= 0.6 is 0 Å². The molecule has 2 N–H and O–H groups in total. The fraction of sp³-hybridized carbons (Fsp3) is 0.381. The van der Waals surface area contributed by atoms with Crippen molar-refractivity contribution in [1.82, 2.24) is 10.0 Å². The molecule has 0 radical (unpaired) electrons. The minimum Gasteiger partial charge on any atom is -0.352 e. The summed E-state index contributed by atoms with van der Waals surface area (Å²) in [6.07, 6.45) is 2.53. The smallest absolute Gasteiger partial charge is 0.251 e. The molecule has 0 spiro atoms. The average Bonchev–Trinajstić information content (AvgIpc) is 2.65. The zero-order valence-electron chi connectivity index (χ0n) is 15.9. The summed E-state index contributed by atoms with van der Waals surface area (Å²) in [6, 6.07) is 16.1. The summed E-state index contributed by atoms with van der Waals surface area (Å²) in [4.78, 5) is 12.4. The van der Waals surface area contributed by atoms with E-state index in [1.165, 1.54) is 17.7 Å². The van der Waals surface area contributed by atoms with Crippen molar-refractivity contribution < 1.29 is 13.2 Å². The van der Waals surface area contributed by atoms with E-state index in [-0.39, 0.29) is 10.8 Å². The fourth-order valence-electron chi connectivity index (χ4n) is 2.59. The second-order valence-electron chi connectivity index (χ2n) is 6.95. The Bertz CT molecular complexity index is 816. The predicted octanol–water partition coefficient (Wildman–Crippen LogP) is 3.37. The third-order valence-electron chi connectivity index (χ3n) is 4.21. The summed E-state index contributed by atoms with van der Waals surface area (Å²) >= 11 is 0. The molecule has 27 heavy (non-hydrogen) atoms. The van der Waals surface area contributed by atoms with Crippen LogP contribution in [-0.4, -0.2) is 27.4 Å². The SMILES string of the molecule is CC(C)CCNS(=O)(=O)c1ccc(C(=O)NCCCc2ccccc2)cc1. The maximum atomic E-state index is 12.2. The molecule has 2 aromatic carbocycles. The van der Waals surface area contributed by atoms with Gasteiger partial charge >= 0.3 is 0 Å². The quantitative estimate of drug-likeness (QED) is 0.613. The molecule has 146 valence electrons. The van der Waals surface area contributed by atoms with E-state index in [1.54, 1.807) is 12.1 Å². The Morgan fingerprint density at radius 2 is 1.63 bits per heavy atom. The minimum absolute atomic E-state index is 0.173. The van der Waals surface area contributed by atoms with Crippen molar-refractivity contribution in [1.29, 1.82) is 0 Å². The molecule has 0 aliphatic carbocycles. The molecule has 6 heteroatoms. The molecule has 0 saturated carbocycles. The van der Waals surface area contributed by atoms with Crippen molar-refractivity contribution in [3.05, 3.63) is 65.7 Å². The average molecular weight is 389 g/mol. The number of rotatable bonds is 10. The summed E-state index contributed by atoms with van der Waals surface area (Å²) in [5.74, 6) is 0.237. The highest BCUT2D eigenvalue weighted by molar-refractivity contribution is 7.89. The number of amides is 1. The van der Waals surface area contributed by atoms with E-state index >= 15 is 0 Å². The van der Waals surface area contributed by atoms with Gasteiger partial charge in [-0.15, -0.1) is 0 Å². The van der Waals surface area contributed by atoms with Crippen LogP contribution < -0.4 is 10.0 Å². The number of hydrogen-bond acceptors (Lipinski definition) is 3. The van der Waals surface area contributed by atoms with E-state index in [1.807, 2.05) is 32.0 Å². The van der Waals surface area contributed by atoms with Crippen molar-refractivity contribution in [2.45, 2.75) is 38.0 Å². The van der Waals surface area contributed by atoms with Gasteiger partial charge in [0.05, 0.1) is 4.90 Å². The summed E-state index contributed by atoms with van der Waals surface area (Å²) in [7, 11) is -3.53. The third-order valence-corrected chi connectivity index (χ3v) is 5.69. The molecule has 0 aliphatic rings. The predicted molar refractivity (Wildman–Crippen MR) is 108 cm³/mol. The van der Waals surface area contributed by atoms with E-state index in [0.717, 1.165) is 19.3 Å². The molecule has 0 aliphatic heterocycles. The van der Waals surface area contributed by atoms with Gasteiger partial charge in [-0.05, 0) is 55.0 Å². The molecule has 2 rings (SSSR count). The van der Waals surface area contributed by atoms with Gasteiger partial charge in [0.15, 0.2) is 0 Å². The molecular formula is C21H28N2O3S. The number of carbonyl (C=O) groups excluding carboxylic acids is 1. The van der Waals surface area contributed by atoms with Crippen molar-refractivity contribution in [2.24, 2.45) is 5.92 Å². The summed E-state index contributed by atoms with van der Waals surface area (Å²) in [5, 5.41) is 2.87. The van der Waals surface area contributed by atoms with Gasteiger partial charge in [0, 0.05) is 18.7 Å². The van der Waals surface area contributed by atoms with Gasteiger partial charge < -0.3 is 5.32 Å². The van der Waals surface area contributed by atoms with E-state index in [2.05, 4.69) is 22.2 Å². The van der Waals surface area contributed by atoms with Gasteiger partial charge in [0.2, 0.25) is 10.0 Å². The van der Waals surface area contributed by atoms with Crippen molar-refractivity contribution in [2.75, 3.05) is 13.1 Å². The van der Waals surface area contributed by atoms with Crippen LogP contribution in [0.4, 0.5) is 0 Å². The van der Waals surface area contributed by atoms with Crippen molar-refractivity contribution in [3.8, 4) is 0 Å². The van der Waals surface area contributed by atoms with Crippen LogP contribution in [0.15, 0.2) is 59.5 Å². The van der Waals surface area contributed by atoms with Gasteiger partial charge in [-0.25, -0.2) is 13.1 Å². The van der Waals surface area contributed by atoms with Crippen LogP contribution in [0.3, 0.4) is 0 Å². The molecule has 0 bridgehead atoms. The Balaban J connectivity index is 1.82. The van der Waals surface area contributed by atoms with E-state index in [9.17, 15) is 13.2 Å². The second-order valence-corrected chi connectivity index (χ2v) is 8.72. The molecule has 0 unspecified atom stereocenters. The van der Waals surface area contributed by atoms with Gasteiger partial charge in [-0.1, -0.05) is 44.2 Å². The van der Waals surface area contributed by atoms with Gasteiger partial charge in [0.25, 0.3) is 5.91 Å². The highest BCUT2D eigenvalue weighted by Gasteiger charge is 2.14. The minimum atomic E-state index is -3.53. The Labute approximate surface area is 162 Å². The largest absolute Gasteiger partial charge is 0.352 e. The van der Waals surface area contributed by atoms with E-state index < -0.39 is 10.0 Å². The molecular weight excluding hydrogens is 360 g/mol. The van der Waals surface area contributed by atoms with E-state index in [4.69, 9.17) is 0 Å². The number of hydrogen-bond donors (Lipinski definition) is 2. The maximum absolute atomic E-state index is 12.2. The summed E-state index contributed by atoms with van der Waals surface area (Å²) in [5.41, 5.74) is 1.70. The fourth-order valence-corrected chi connectivity index (χ4v) is 3.64. The first-order valence-corrected chi connectivity index (χ1v) is 10.8. The van der Waals surface area contributed by atoms with Crippen molar-refractivity contribution >= 4 is 15.9 Å². The first-order chi connectivity index (χ1) is 12.9. The summed E-state index contributed by atoms with van der Waals surface area (Å²) < 4.78 is 27.0. The zero-order valence-corrected chi connectivity index (χ0v) is 16.8. The van der Waals surface area contributed by atoms with Gasteiger partial charge in [0.1, 0.15) is 0 Å². The number of benzene rings is 2. The van der Waals surface area contributed by atoms with Crippen LogP contribution in [0.1, 0.15) is 42.6 Å². The molecule has 2 aromatic rings. The Hall–Kier alpha value is -2.18. The normalized spacial score (nSPS) is 11.5. The van der Waals surface area contributed by atoms with Crippen LogP contribution in [0.5, 0.6) is 0 Å². The van der Waals surface area contributed by atoms with Crippen molar-refractivity contribution in [3.63, 3.8) is 0 Å². The number of nitrogens with one attached hydrogen (secondary N) is 2. The first kappa shape index (κ1) is 21.1. The number of carbonyl (C=O) groups is 1. The zero-order chi connectivity index (χ0) is 19.7. The highest BCUT2D eigenvalue weighted by Crippen LogP contribution is 2.11. The second kappa shape index (κ2) is 10.2. The number of aryl methyl sites for hydroxylation is 1. The molecule has 5 nitrogen and oxygen atoms in total. The lowest BCUT2D eigenvalue weighted by atomic mass is 10.1. The lowest BCUT2D eigenvalue weighted by Gasteiger charge is -2.09. The maximum Gasteiger partial charge on any atom is 0.251 e. The molecule has 0 aromatic heterocycles. The Kier molecular flexibility index (Phi) is 8.00. The Morgan fingerprint density at radius 3 is 2.26 bits per heavy atom. The monoisotopic (exact) mass is 388 g/mol. The van der Waals surface area contributed by atoms with E-state index in [0.29, 0.717) is 24.6 Å². The molecule has 0 fully saturated rings. The molecule has 0 heterocycles. The van der Waals surface area contributed by atoms with Crippen LogP contribution in [0.2, 0.25) is 0 Å².